The van der Waals surface area contributed by atoms with Gasteiger partial charge in [-0.15, -0.1) is 0 Å². The summed E-state index contributed by atoms with van der Waals surface area (Å²) in [6.45, 7) is 9.31. The quantitative estimate of drug-likeness (QED) is 0.770. The highest BCUT2D eigenvalue weighted by molar-refractivity contribution is 5.79. The number of hydrogen-bond donors (Lipinski definition) is 1. The van der Waals surface area contributed by atoms with Gasteiger partial charge >= 0.3 is 0 Å². The van der Waals surface area contributed by atoms with Crippen LogP contribution in [0.2, 0.25) is 0 Å². The molecule has 0 aliphatic carbocycles. The molecule has 0 aromatic carbocycles. The molecule has 0 heterocycles. The number of amides is 1. The summed E-state index contributed by atoms with van der Waals surface area (Å²) in [5, 5.41) is 0. The molecule has 0 spiro atoms. The molecule has 17 heavy (non-hydrogen) atoms. The van der Waals surface area contributed by atoms with E-state index in [4.69, 9.17) is 10.5 Å². The Hall–Kier alpha value is -0.610. The van der Waals surface area contributed by atoms with Gasteiger partial charge in [-0.3, -0.25) is 4.79 Å². The molecule has 0 saturated carbocycles. The van der Waals surface area contributed by atoms with Crippen molar-refractivity contribution in [3.8, 4) is 0 Å². The predicted octanol–water partition coefficient (Wildman–Crippen LogP) is 1.49. The zero-order valence-corrected chi connectivity index (χ0v) is 12.1. The Morgan fingerprint density at radius 2 is 1.94 bits per heavy atom. The van der Waals surface area contributed by atoms with Gasteiger partial charge in [-0.05, 0) is 18.8 Å². The Labute approximate surface area is 105 Å². The van der Waals surface area contributed by atoms with E-state index < -0.39 is 0 Å². The van der Waals surface area contributed by atoms with Crippen LogP contribution in [-0.4, -0.2) is 44.2 Å². The number of nitrogens with zero attached hydrogens (tertiary/aromatic N) is 1. The lowest BCUT2D eigenvalue weighted by Gasteiger charge is -2.31. The number of rotatable bonds is 6. The first kappa shape index (κ1) is 16.4. The third kappa shape index (κ3) is 6.03. The molecule has 4 nitrogen and oxygen atoms in total. The fourth-order valence-electron chi connectivity index (χ4n) is 1.87. The van der Waals surface area contributed by atoms with Crippen molar-refractivity contribution in [2.45, 2.75) is 40.2 Å². The molecule has 0 rings (SSSR count). The number of nitrogens with two attached hydrogens (primary N) is 1. The van der Waals surface area contributed by atoms with E-state index in [0.717, 1.165) is 6.42 Å². The van der Waals surface area contributed by atoms with Crippen molar-refractivity contribution in [3.05, 3.63) is 0 Å². The summed E-state index contributed by atoms with van der Waals surface area (Å²) in [5.74, 6) is 0.0197. The van der Waals surface area contributed by atoms with Gasteiger partial charge in [-0.25, -0.2) is 0 Å². The lowest BCUT2D eigenvalue weighted by Crippen LogP contribution is -2.44. The maximum Gasteiger partial charge on any atom is 0.227 e. The number of likely N-dealkylation sites (N-methyl/N-ethyl adjacent to an activating group) is 1. The Morgan fingerprint density at radius 3 is 2.29 bits per heavy atom. The summed E-state index contributed by atoms with van der Waals surface area (Å²) >= 11 is 0. The molecular weight excluding hydrogens is 216 g/mol. The van der Waals surface area contributed by atoms with Crippen LogP contribution in [0.25, 0.3) is 0 Å². The van der Waals surface area contributed by atoms with E-state index in [1.54, 1.807) is 12.0 Å². The zero-order chi connectivity index (χ0) is 13.6. The number of carbonyl (C=O) groups excluding carboxylic acids is 1. The van der Waals surface area contributed by atoms with E-state index in [1.807, 2.05) is 14.0 Å². The van der Waals surface area contributed by atoms with E-state index in [2.05, 4.69) is 20.8 Å². The van der Waals surface area contributed by atoms with Gasteiger partial charge in [-0.2, -0.15) is 0 Å². The average molecular weight is 244 g/mol. The van der Waals surface area contributed by atoms with Gasteiger partial charge in [0.15, 0.2) is 0 Å². The molecule has 4 heteroatoms. The first-order chi connectivity index (χ1) is 7.72. The molecular formula is C13H28N2O2. The van der Waals surface area contributed by atoms with Gasteiger partial charge in [0.05, 0.1) is 18.6 Å². The molecule has 0 aromatic heterocycles. The molecule has 0 fully saturated rings. The summed E-state index contributed by atoms with van der Waals surface area (Å²) < 4.78 is 5.06. The van der Waals surface area contributed by atoms with Gasteiger partial charge in [0, 0.05) is 20.7 Å². The van der Waals surface area contributed by atoms with E-state index in [1.165, 1.54) is 0 Å². The van der Waals surface area contributed by atoms with Crippen LogP contribution in [0.3, 0.4) is 0 Å². The summed E-state index contributed by atoms with van der Waals surface area (Å²) in [7, 11) is 3.46. The van der Waals surface area contributed by atoms with Crippen LogP contribution in [0.5, 0.6) is 0 Å². The van der Waals surface area contributed by atoms with Gasteiger partial charge < -0.3 is 15.4 Å². The monoisotopic (exact) mass is 244 g/mol. The second-order valence-corrected chi connectivity index (χ2v) is 5.95. The Bertz CT molecular complexity index is 236. The lowest BCUT2D eigenvalue weighted by atomic mass is 9.84. The minimum atomic E-state index is -0.0979. The highest BCUT2D eigenvalue weighted by atomic mass is 16.5. The SMILES string of the molecule is COCC(C)N(C)C(=O)C(CN)CC(C)(C)C. The molecule has 2 unspecified atom stereocenters. The third-order valence-electron chi connectivity index (χ3n) is 2.91. The molecule has 0 saturated heterocycles. The minimum absolute atomic E-state index is 0.0847. The smallest absolute Gasteiger partial charge is 0.227 e. The van der Waals surface area contributed by atoms with E-state index in [0.29, 0.717) is 13.2 Å². The molecule has 0 aliphatic rings. The van der Waals surface area contributed by atoms with Crippen molar-refractivity contribution >= 4 is 5.91 Å². The number of carbonyl (C=O) groups is 1. The number of hydrogen-bond acceptors (Lipinski definition) is 3. The van der Waals surface area contributed by atoms with Gasteiger partial charge in [-0.1, -0.05) is 20.8 Å². The average Bonchev–Trinajstić information content (AvgIpc) is 2.23. The Kier molecular flexibility index (Phi) is 6.72. The summed E-state index contributed by atoms with van der Waals surface area (Å²) in [4.78, 5) is 14.0. The Balaban J connectivity index is 4.53. The topological polar surface area (TPSA) is 55.6 Å². The van der Waals surface area contributed by atoms with E-state index in [9.17, 15) is 4.79 Å². The number of ether oxygens (including phenoxy) is 1. The van der Waals surface area contributed by atoms with Gasteiger partial charge in [0.25, 0.3) is 0 Å². The summed E-state index contributed by atoms with van der Waals surface area (Å²) in [5.41, 5.74) is 5.83. The molecule has 2 N–H and O–H groups in total. The molecule has 2 atom stereocenters. The first-order valence-corrected chi connectivity index (χ1v) is 6.18. The van der Waals surface area contributed by atoms with Crippen LogP contribution in [0.15, 0.2) is 0 Å². The summed E-state index contributed by atoms with van der Waals surface area (Å²) in [6, 6.07) is 0.0847. The van der Waals surface area contributed by atoms with Crippen LogP contribution in [0, 0.1) is 11.3 Å². The molecule has 0 aliphatic heterocycles. The molecule has 0 aromatic rings. The largest absolute Gasteiger partial charge is 0.383 e. The highest BCUT2D eigenvalue weighted by Crippen LogP contribution is 2.25. The van der Waals surface area contributed by atoms with Crippen LogP contribution < -0.4 is 5.73 Å². The number of methoxy groups -OCH3 is 1. The van der Waals surface area contributed by atoms with Crippen molar-refractivity contribution in [2.24, 2.45) is 17.1 Å². The standard InChI is InChI=1S/C13H28N2O2/c1-10(9-17-6)15(5)12(16)11(8-14)7-13(2,3)4/h10-11H,7-9,14H2,1-6H3. The van der Waals surface area contributed by atoms with Crippen LogP contribution >= 0.6 is 0 Å². The van der Waals surface area contributed by atoms with Gasteiger partial charge in [0.2, 0.25) is 5.91 Å². The predicted molar refractivity (Wildman–Crippen MR) is 70.7 cm³/mol. The molecule has 0 bridgehead atoms. The van der Waals surface area contributed by atoms with Crippen molar-refractivity contribution in [1.29, 1.82) is 0 Å². The minimum Gasteiger partial charge on any atom is -0.383 e. The van der Waals surface area contributed by atoms with E-state index in [-0.39, 0.29) is 23.3 Å². The van der Waals surface area contributed by atoms with Crippen LogP contribution in [0.4, 0.5) is 0 Å². The highest BCUT2D eigenvalue weighted by Gasteiger charge is 2.27. The Morgan fingerprint density at radius 1 is 1.41 bits per heavy atom. The lowest BCUT2D eigenvalue weighted by molar-refractivity contribution is -0.137. The molecule has 102 valence electrons. The van der Waals surface area contributed by atoms with E-state index >= 15 is 0 Å². The second kappa shape index (κ2) is 6.97. The van der Waals surface area contributed by atoms with Crippen molar-refractivity contribution in [3.63, 3.8) is 0 Å². The fraction of sp³-hybridized carbons (Fsp3) is 0.923. The normalized spacial score (nSPS) is 15.5. The zero-order valence-electron chi connectivity index (χ0n) is 12.1. The van der Waals surface area contributed by atoms with Crippen LogP contribution in [0.1, 0.15) is 34.1 Å². The second-order valence-electron chi connectivity index (χ2n) is 5.95. The van der Waals surface area contributed by atoms with Crippen LogP contribution in [-0.2, 0) is 9.53 Å². The van der Waals surface area contributed by atoms with Crippen molar-refractivity contribution in [2.75, 3.05) is 27.3 Å². The van der Waals surface area contributed by atoms with Crippen molar-refractivity contribution < 1.29 is 9.53 Å². The molecule has 0 radical (unpaired) electrons. The first-order valence-electron chi connectivity index (χ1n) is 6.18. The fourth-order valence-corrected chi connectivity index (χ4v) is 1.87. The maximum absolute atomic E-state index is 12.3. The molecule has 1 amide bonds. The van der Waals surface area contributed by atoms with Gasteiger partial charge in [0.1, 0.15) is 0 Å². The van der Waals surface area contributed by atoms with Crippen molar-refractivity contribution in [1.82, 2.24) is 4.90 Å². The maximum atomic E-state index is 12.3. The third-order valence-corrected chi connectivity index (χ3v) is 2.91. The summed E-state index contributed by atoms with van der Waals surface area (Å²) in [6.07, 6.45) is 0.812.